The first-order chi connectivity index (χ1) is 8.77. The Balaban J connectivity index is 2.66. The van der Waals surface area contributed by atoms with Gasteiger partial charge in [-0.05, 0) is 19.0 Å². The third kappa shape index (κ3) is 4.89. The highest BCUT2D eigenvalue weighted by molar-refractivity contribution is 5.30. The average Bonchev–Trinajstić information content (AvgIpc) is 2.35. The highest BCUT2D eigenvalue weighted by Crippen LogP contribution is 2.22. The SMILES string of the molecule is CN(CCC(N)(C#N)c1ccccc1)CC(F)(F)F. The van der Waals surface area contributed by atoms with Crippen molar-refractivity contribution in [3.05, 3.63) is 35.9 Å². The molecule has 0 aromatic heterocycles. The van der Waals surface area contributed by atoms with Gasteiger partial charge >= 0.3 is 6.18 Å². The van der Waals surface area contributed by atoms with Crippen molar-refractivity contribution in [3.8, 4) is 6.07 Å². The predicted molar refractivity (Wildman–Crippen MR) is 66.1 cm³/mol. The summed E-state index contributed by atoms with van der Waals surface area (Å²) in [6.45, 7) is -0.915. The van der Waals surface area contributed by atoms with Gasteiger partial charge in [-0.3, -0.25) is 4.90 Å². The van der Waals surface area contributed by atoms with Crippen LogP contribution in [0.3, 0.4) is 0 Å². The van der Waals surface area contributed by atoms with Gasteiger partial charge in [-0.1, -0.05) is 30.3 Å². The molecule has 19 heavy (non-hydrogen) atoms. The smallest absolute Gasteiger partial charge is 0.310 e. The molecule has 0 radical (unpaired) electrons. The normalized spacial score (nSPS) is 15.0. The Hall–Kier alpha value is -1.58. The standard InChI is InChI=1S/C13H16F3N3/c1-19(10-13(14,15)16)8-7-12(18,9-17)11-5-3-2-4-6-11/h2-6H,7-8,10,18H2,1H3. The number of benzene rings is 1. The molecule has 0 spiro atoms. The second kappa shape index (κ2) is 6.04. The van der Waals surface area contributed by atoms with Gasteiger partial charge in [-0.15, -0.1) is 0 Å². The molecule has 0 aliphatic carbocycles. The maximum Gasteiger partial charge on any atom is 0.401 e. The van der Waals surface area contributed by atoms with Gasteiger partial charge in [0, 0.05) is 6.54 Å². The highest BCUT2D eigenvalue weighted by Gasteiger charge is 2.31. The zero-order chi connectivity index (χ0) is 14.5. The minimum absolute atomic E-state index is 0.0957. The zero-order valence-corrected chi connectivity index (χ0v) is 10.6. The second-order valence-electron chi connectivity index (χ2n) is 4.55. The molecule has 1 atom stereocenters. The van der Waals surface area contributed by atoms with Gasteiger partial charge in [0.25, 0.3) is 0 Å². The molecular formula is C13H16F3N3. The first-order valence-corrected chi connectivity index (χ1v) is 5.78. The lowest BCUT2D eigenvalue weighted by molar-refractivity contribution is -0.143. The molecule has 104 valence electrons. The van der Waals surface area contributed by atoms with Gasteiger partial charge in [-0.25, -0.2) is 0 Å². The van der Waals surface area contributed by atoms with E-state index in [0.29, 0.717) is 5.56 Å². The second-order valence-corrected chi connectivity index (χ2v) is 4.55. The molecule has 0 saturated carbocycles. The molecule has 0 aliphatic heterocycles. The van der Waals surface area contributed by atoms with E-state index >= 15 is 0 Å². The van der Waals surface area contributed by atoms with E-state index in [1.165, 1.54) is 7.05 Å². The predicted octanol–water partition coefficient (Wildman–Crippen LogP) is 2.25. The molecule has 1 rings (SSSR count). The van der Waals surface area contributed by atoms with Crippen molar-refractivity contribution in [2.45, 2.75) is 18.1 Å². The van der Waals surface area contributed by atoms with E-state index in [1.807, 2.05) is 6.07 Å². The number of hydrogen-bond donors (Lipinski definition) is 1. The summed E-state index contributed by atoms with van der Waals surface area (Å²) in [7, 11) is 1.36. The minimum Gasteiger partial charge on any atom is -0.310 e. The van der Waals surface area contributed by atoms with Crippen LogP contribution >= 0.6 is 0 Å². The minimum atomic E-state index is -4.24. The quantitative estimate of drug-likeness (QED) is 0.893. The number of nitrogens with zero attached hydrogens (tertiary/aromatic N) is 2. The third-order valence-electron chi connectivity index (χ3n) is 2.83. The Labute approximate surface area is 110 Å². The topological polar surface area (TPSA) is 53.0 Å². The van der Waals surface area contributed by atoms with Gasteiger partial charge in [0.1, 0.15) is 5.54 Å². The van der Waals surface area contributed by atoms with Crippen LogP contribution in [0.5, 0.6) is 0 Å². The fraction of sp³-hybridized carbons (Fsp3) is 0.462. The average molecular weight is 271 g/mol. The van der Waals surface area contributed by atoms with E-state index in [4.69, 9.17) is 11.0 Å². The van der Waals surface area contributed by atoms with Crippen LogP contribution in [0, 0.1) is 11.3 Å². The third-order valence-corrected chi connectivity index (χ3v) is 2.83. The Morgan fingerprint density at radius 3 is 2.32 bits per heavy atom. The molecule has 0 bridgehead atoms. The summed E-state index contributed by atoms with van der Waals surface area (Å²) in [6, 6.07) is 10.7. The number of alkyl halides is 3. The van der Waals surface area contributed by atoms with Crippen molar-refractivity contribution in [1.29, 1.82) is 5.26 Å². The number of halogens is 3. The lowest BCUT2D eigenvalue weighted by Gasteiger charge is -2.26. The molecule has 0 fully saturated rings. The van der Waals surface area contributed by atoms with Gasteiger partial charge < -0.3 is 5.73 Å². The first kappa shape index (κ1) is 15.5. The summed E-state index contributed by atoms with van der Waals surface area (Å²) < 4.78 is 36.6. The number of hydrogen-bond acceptors (Lipinski definition) is 3. The number of nitriles is 1. The molecular weight excluding hydrogens is 255 g/mol. The summed E-state index contributed by atoms with van der Waals surface area (Å²) in [5, 5.41) is 9.17. The largest absolute Gasteiger partial charge is 0.401 e. The molecule has 3 nitrogen and oxygen atoms in total. The van der Waals surface area contributed by atoms with Crippen molar-refractivity contribution >= 4 is 0 Å². The fourth-order valence-electron chi connectivity index (χ4n) is 1.75. The van der Waals surface area contributed by atoms with E-state index in [9.17, 15) is 13.2 Å². The van der Waals surface area contributed by atoms with Crippen LogP contribution < -0.4 is 5.73 Å². The summed E-state index contributed by atoms with van der Waals surface area (Å²) in [4.78, 5) is 1.11. The Morgan fingerprint density at radius 1 is 1.26 bits per heavy atom. The molecule has 6 heteroatoms. The van der Waals surface area contributed by atoms with Crippen molar-refractivity contribution in [3.63, 3.8) is 0 Å². The number of nitrogens with two attached hydrogens (primary N) is 1. The van der Waals surface area contributed by atoms with Crippen molar-refractivity contribution in [1.82, 2.24) is 4.90 Å². The van der Waals surface area contributed by atoms with Crippen LogP contribution in [0.1, 0.15) is 12.0 Å². The molecule has 0 heterocycles. The highest BCUT2D eigenvalue weighted by atomic mass is 19.4. The lowest BCUT2D eigenvalue weighted by Crippen LogP contribution is -2.40. The fourth-order valence-corrected chi connectivity index (χ4v) is 1.75. The van der Waals surface area contributed by atoms with Crippen LogP contribution in [0.15, 0.2) is 30.3 Å². The van der Waals surface area contributed by atoms with E-state index < -0.39 is 18.3 Å². The summed E-state index contributed by atoms with van der Waals surface area (Å²) in [6.07, 6.45) is -4.11. The monoisotopic (exact) mass is 271 g/mol. The summed E-state index contributed by atoms with van der Waals surface area (Å²) in [5.41, 5.74) is 5.31. The summed E-state index contributed by atoms with van der Waals surface area (Å²) in [5.74, 6) is 0. The van der Waals surface area contributed by atoms with Crippen LogP contribution in [-0.2, 0) is 5.54 Å². The molecule has 0 saturated heterocycles. The molecule has 0 aliphatic rings. The van der Waals surface area contributed by atoms with Gasteiger partial charge in [0.2, 0.25) is 0 Å². The van der Waals surface area contributed by atoms with E-state index in [1.54, 1.807) is 30.3 Å². The van der Waals surface area contributed by atoms with Crippen molar-refractivity contribution in [2.75, 3.05) is 20.1 Å². The maximum absolute atomic E-state index is 12.2. The van der Waals surface area contributed by atoms with Gasteiger partial charge in [0.05, 0.1) is 12.6 Å². The number of rotatable bonds is 5. The molecule has 0 amide bonds. The zero-order valence-electron chi connectivity index (χ0n) is 10.6. The van der Waals surface area contributed by atoms with Crippen LogP contribution in [0.2, 0.25) is 0 Å². The Bertz CT molecular complexity index is 439. The van der Waals surface area contributed by atoms with Crippen molar-refractivity contribution < 1.29 is 13.2 Å². The summed E-state index contributed by atoms with van der Waals surface area (Å²) >= 11 is 0. The van der Waals surface area contributed by atoms with Gasteiger partial charge in [-0.2, -0.15) is 18.4 Å². The Morgan fingerprint density at radius 2 is 1.84 bits per heavy atom. The lowest BCUT2D eigenvalue weighted by atomic mass is 9.89. The van der Waals surface area contributed by atoms with Crippen LogP contribution in [0.25, 0.3) is 0 Å². The Kier molecular flexibility index (Phi) is 4.92. The van der Waals surface area contributed by atoms with E-state index in [2.05, 4.69) is 0 Å². The van der Waals surface area contributed by atoms with Gasteiger partial charge in [0.15, 0.2) is 0 Å². The van der Waals surface area contributed by atoms with Crippen LogP contribution in [-0.4, -0.2) is 31.2 Å². The molecule has 1 unspecified atom stereocenters. The van der Waals surface area contributed by atoms with E-state index in [0.717, 1.165) is 4.90 Å². The van der Waals surface area contributed by atoms with Crippen LogP contribution in [0.4, 0.5) is 13.2 Å². The molecule has 1 aromatic carbocycles. The molecule has 1 aromatic rings. The van der Waals surface area contributed by atoms with Crippen molar-refractivity contribution in [2.24, 2.45) is 5.73 Å². The maximum atomic E-state index is 12.2. The molecule has 2 N–H and O–H groups in total. The van der Waals surface area contributed by atoms with E-state index in [-0.39, 0.29) is 13.0 Å². The first-order valence-electron chi connectivity index (χ1n) is 5.78.